The molecule has 4 nitrogen and oxygen atoms in total. The molecule has 0 radical (unpaired) electrons. The Hall–Kier alpha value is -2.31. The molecule has 1 heterocycles. The lowest BCUT2D eigenvalue weighted by molar-refractivity contribution is -0.274. The highest BCUT2D eigenvalue weighted by molar-refractivity contribution is 5.69. The van der Waals surface area contributed by atoms with Crippen molar-refractivity contribution < 1.29 is 17.9 Å². The highest BCUT2D eigenvalue weighted by Gasteiger charge is 2.31. The molecule has 112 valence electrons. The highest BCUT2D eigenvalue weighted by atomic mass is 19.4. The van der Waals surface area contributed by atoms with E-state index in [1.807, 2.05) is 13.8 Å². The third-order valence-electron chi connectivity index (χ3n) is 2.83. The molecule has 0 unspecified atom stereocenters. The summed E-state index contributed by atoms with van der Waals surface area (Å²) in [5, 5.41) is 0. The zero-order valence-corrected chi connectivity index (χ0v) is 11.5. The molecule has 0 atom stereocenters. The number of hydrogen-bond acceptors (Lipinski definition) is 4. The maximum Gasteiger partial charge on any atom is 0.573 e. The van der Waals surface area contributed by atoms with Crippen molar-refractivity contribution in [3.05, 3.63) is 36.2 Å². The van der Waals surface area contributed by atoms with Gasteiger partial charge in [-0.1, -0.05) is 26.0 Å². The van der Waals surface area contributed by atoms with Gasteiger partial charge in [-0.15, -0.1) is 13.2 Å². The van der Waals surface area contributed by atoms with Crippen LogP contribution in [0.25, 0.3) is 11.3 Å². The third-order valence-corrected chi connectivity index (χ3v) is 2.83. The molecular weight excluding hydrogens is 283 g/mol. The monoisotopic (exact) mass is 297 g/mol. The van der Waals surface area contributed by atoms with Gasteiger partial charge in [-0.25, -0.2) is 9.97 Å². The van der Waals surface area contributed by atoms with Crippen LogP contribution in [0.15, 0.2) is 30.6 Å². The summed E-state index contributed by atoms with van der Waals surface area (Å²) < 4.78 is 40.8. The van der Waals surface area contributed by atoms with Crippen LogP contribution < -0.4 is 10.5 Å². The van der Waals surface area contributed by atoms with Crippen molar-refractivity contribution >= 4 is 5.82 Å². The van der Waals surface area contributed by atoms with Crippen molar-refractivity contribution in [1.82, 2.24) is 9.97 Å². The fourth-order valence-corrected chi connectivity index (χ4v) is 2.05. The molecule has 1 aromatic heterocycles. The van der Waals surface area contributed by atoms with Crippen LogP contribution in [0.1, 0.15) is 25.3 Å². The lowest BCUT2D eigenvalue weighted by Crippen LogP contribution is -2.17. The minimum atomic E-state index is -4.73. The first-order valence-corrected chi connectivity index (χ1v) is 6.24. The predicted molar refractivity (Wildman–Crippen MR) is 72.7 cm³/mol. The second kappa shape index (κ2) is 5.59. The van der Waals surface area contributed by atoms with Gasteiger partial charge in [0, 0.05) is 11.1 Å². The minimum Gasteiger partial charge on any atom is -0.406 e. The Kier molecular flexibility index (Phi) is 4.02. The van der Waals surface area contributed by atoms with Gasteiger partial charge in [-0.2, -0.15) is 0 Å². The van der Waals surface area contributed by atoms with Gasteiger partial charge in [0.15, 0.2) is 0 Å². The van der Waals surface area contributed by atoms with E-state index in [2.05, 4.69) is 14.7 Å². The number of nitrogens with zero attached hydrogens (tertiary/aromatic N) is 2. The predicted octanol–water partition coefficient (Wildman–Crippen LogP) is 3.75. The van der Waals surface area contributed by atoms with Crippen LogP contribution in [0.3, 0.4) is 0 Å². The molecule has 0 spiro atoms. The first kappa shape index (κ1) is 15.1. The quantitative estimate of drug-likeness (QED) is 0.937. The molecule has 1 aromatic carbocycles. The number of anilines is 1. The van der Waals surface area contributed by atoms with Crippen molar-refractivity contribution in [2.24, 2.45) is 0 Å². The Balaban J connectivity index is 2.48. The number of rotatable bonds is 3. The van der Waals surface area contributed by atoms with E-state index in [-0.39, 0.29) is 11.7 Å². The Morgan fingerprint density at radius 3 is 2.52 bits per heavy atom. The summed E-state index contributed by atoms with van der Waals surface area (Å²) >= 11 is 0. The zero-order valence-electron chi connectivity index (χ0n) is 11.5. The van der Waals surface area contributed by atoms with Crippen LogP contribution in [0.4, 0.5) is 19.0 Å². The highest BCUT2D eigenvalue weighted by Crippen LogP contribution is 2.33. The molecule has 0 aliphatic carbocycles. The Labute approximate surface area is 119 Å². The number of alkyl halides is 3. The summed E-state index contributed by atoms with van der Waals surface area (Å²) in [6.07, 6.45) is -3.45. The van der Waals surface area contributed by atoms with Crippen LogP contribution >= 0.6 is 0 Å². The molecule has 0 saturated carbocycles. The fraction of sp³-hybridized carbons (Fsp3) is 0.286. The molecule has 0 saturated heterocycles. The SMILES string of the molecule is CC(C)c1c(N)ncnc1-c1cccc(OC(F)(F)F)c1. The number of aromatic nitrogens is 2. The summed E-state index contributed by atoms with van der Waals surface area (Å²) in [4.78, 5) is 8.06. The second-order valence-electron chi connectivity index (χ2n) is 4.75. The topological polar surface area (TPSA) is 61.0 Å². The van der Waals surface area contributed by atoms with Crippen LogP contribution in [0.2, 0.25) is 0 Å². The number of halogens is 3. The molecule has 2 aromatic rings. The first-order valence-electron chi connectivity index (χ1n) is 6.24. The number of nitrogens with two attached hydrogens (primary N) is 1. The molecule has 0 bridgehead atoms. The smallest absolute Gasteiger partial charge is 0.406 e. The lowest BCUT2D eigenvalue weighted by Gasteiger charge is -2.15. The average Bonchev–Trinajstić information content (AvgIpc) is 2.36. The van der Waals surface area contributed by atoms with Gasteiger partial charge < -0.3 is 10.5 Å². The molecule has 0 aliphatic heterocycles. The number of hydrogen-bond donors (Lipinski definition) is 1. The third kappa shape index (κ3) is 3.62. The maximum absolute atomic E-state index is 12.3. The number of ether oxygens (including phenoxy) is 1. The van der Waals surface area contributed by atoms with Crippen molar-refractivity contribution in [3.63, 3.8) is 0 Å². The van der Waals surface area contributed by atoms with E-state index >= 15 is 0 Å². The van der Waals surface area contributed by atoms with Crippen molar-refractivity contribution in [2.75, 3.05) is 5.73 Å². The molecule has 7 heteroatoms. The molecule has 21 heavy (non-hydrogen) atoms. The molecule has 2 rings (SSSR count). The fourth-order valence-electron chi connectivity index (χ4n) is 2.05. The number of nitrogen functional groups attached to an aromatic ring is 1. The van der Waals surface area contributed by atoms with Gasteiger partial charge in [-0.05, 0) is 18.1 Å². The van der Waals surface area contributed by atoms with Gasteiger partial charge in [0.2, 0.25) is 0 Å². The van der Waals surface area contributed by atoms with Crippen LogP contribution in [-0.4, -0.2) is 16.3 Å². The molecular formula is C14H14F3N3O. The summed E-state index contributed by atoms with van der Waals surface area (Å²) in [5.74, 6) is 0.0532. The molecule has 0 fully saturated rings. The molecule has 2 N–H and O–H groups in total. The minimum absolute atomic E-state index is 0.0355. The van der Waals surface area contributed by atoms with Crippen molar-refractivity contribution in [2.45, 2.75) is 26.1 Å². The summed E-state index contributed by atoms with van der Waals surface area (Å²) in [7, 11) is 0. The van der Waals surface area contributed by atoms with Gasteiger partial charge in [-0.3, -0.25) is 0 Å². The van der Waals surface area contributed by atoms with Crippen molar-refractivity contribution in [1.29, 1.82) is 0 Å². The number of benzene rings is 1. The van der Waals surface area contributed by atoms with Crippen molar-refractivity contribution in [3.8, 4) is 17.0 Å². The van der Waals surface area contributed by atoms with Gasteiger partial charge in [0.25, 0.3) is 0 Å². The zero-order chi connectivity index (χ0) is 15.6. The van der Waals surface area contributed by atoms with E-state index < -0.39 is 6.36 Å². The van der Waals surface area contributed by atoms with E-state index in [0.29, 0.717) is 22.6 Å². The molecule has 0 aliphatic rings. The standard InChI is InChI=1S/C14H14F3N3O/c1-8(2)11-12(19-7-20-13(11)18)9-4-3-5-10(6-9)21-14(15,16)17/h3-8H,1-2H3,(H2,18,19,20). The summed E-state index contributed by atoms with van der Waals surface area (Å²) in [6, 6.07) is 5.63. The maximum atomic E-state index is 12.3. The van der Waals surface area contributed by atoms with Gasteiger partial charge in [0.05, 0.1) is 5.69 Å². The molecule has 0 amide bonds. The van der Waals surface area contributed by atoms with Crippen LogP contribution in [0.5, 0.6) is 5.75 Å². The largest absolute Gasteiger partial charge is 0.573 e. The lowest BCUT2D eigenvalue weighted by atomic mass is 9.97. The Morgan fingerprint density at radius 1 is 1.19 bits per heavy atom. The summed E-state index contributed by atoms with van der Waals surface area (Å²) in [5.41, 5.74) is 7.53. The van der Waals surface area contributed by atoms with Crippen LogP contribution in [-0.2, 0) is 0 Å². The van der Waals surface area contributed by atoms with Gasteiger partial charge in [0.1, 0.15) is 17.9 Å². The van der Waals surface area contributed by atoms with Gasteiger partial charge >= 0.3 is 6.36 Å². The Bertz CT molecular complexity index is 642. The Morgan fingerprint density at radius 2 is 1.90 bits per heavy atom. The van der Waals surface area contributed by atoms with Crippen LogP contribution in [0, 0.1) is 0 Å². The summed E-state index contributed by atoms with van der Waals surface area (Å²) in [6.45, 7) is 3.82. The normalized spacial score (nSPS) is 11.7. The van der Waals surface area contributed by atoms with E-state index in [1.165, 1.54) is 24.5 Å². The van der Waals surface area contributed by atoms with E-state index in [9.17, 15) is 13.2 Å². The first-order chi connectivity index (χ1) is 9.78. The average molecular weight is 297 g/mol. The van der Waals surface area contributed by atoms with E-state index in [0.717, 1.165) is 0 Å². The second-order valence-corrected chi connectivity index (χ2v) is 4.75. The van der Waals surface area contributed by atoms with E-state index in [4.69, 9.17) is 5.73 Å². The van der Waals surface area contributed by atoms with E-state index in [1.54, 1.807) is 6.07 Å².